The van der Waals surface area contributed by atoms with Gasteiger partial charge < -0.3 is 9.47 Å². The van der Waals surface area contributed by atoms with Gasteiger partial charge in [-0.25, -0.2) is 13.8 Å². The number of rotatable bonds is 3. The number of ether oxygens (including phenoxy) is 2. The number of aryl methyl sites for hydroxylation is 1. The number of hydrogen-bond donors (Lipinski definition) is 0. The minimum absolute atomic E-state index is 0.0338. The Bertz CT molecular complexity index is 578. The summed E-state index contributed by atoms with van der Waals surface area (Å²) in [6.45, 7) is 5.01. The molecule has 1 fully saturated rings. The Morgan fingerprint density at radius 2 is 2.18 bits per heavy atom. The molecule has 5 nitrogen and oxygen atoms in total. The largest absolute Gasteiger partial charge is 0.350 e. The van der Waals surface area contributed by atoms with Gasteiger partial charge in [0, 0.05) is 6.07 Å². The maximum Gasteiger partial charge on any atom is 0.158 e. The van der Waals surface area contributed by atoms with Gasteiger partial charge in [-0.2, -0.15) is 5.10 Å². The third kappa shape index (κ3) is 4.85. The molecule has 0 spiro atoms. The number of aromatic nitrogens is 3. The lowest BCUT2D eigenvalue weighted by Crippen LogP contribution is -2.19. The van der Waals surface area contributed by atoms with E-state index in [0.29, 0.717) is 12.2 Å². The molecule has 1 saturated heterocycles. The zero-order valence-electron chi connectivity index (χ0n) is 12.6. The van der Waals surface area contributed by atoms with Crippen LogP contribution in [-0.2, 0) is 16.0 Å². The van der Waals surface area contributed by atoms with Gasteiger partial charge in [0.25, 0.3) is 0 Å². The van der Waals surface area contributed by atoms with Crippen molar-refractivity contribution in [3.63, 3.8) is 0 Å². The van der Waals surface area contributed by atoms with E-state index >= 15 is 0 Å². The van der Waals surface area contributed by atoms with Gasteiger partial charge in [0.2, 0.25) is 0 Å². The maximum atomic E-state index is 12.3. The summed E-state index contributed by atoms with van der Waals surface area (Å²) in [4.78, 5) is 3.86. The highest BCUT2D eigenvalue weighted by Crippen LogP contribution is 2.14. The molecule has 0 amide bonds. The van der Waals surface area contributed by atoms with Gasteiger partial charge in [-0.1, -0.05) is 13.0 Å². The highest BCUT2D eigenvalue weighted by atomic mass is 19.1. The first kappa shape index (κ1) is 16.5. The Morgan fingerprint density at radius 3 is 2.73 bits per heavy atom. The molecule has 1 aromatic heterocycles. The summed E-state index contributed by atoms with van der Waals surface area (Å²) in [6, 6.07) is 3.51. The van der Waals surface area contributed by atoms with Gasteiger partial charge >= 0.3 is 0 Å². The predicted molar refractivity (Wildman–Crippen MR) is 76.0 cm³/mol. The summed E-state index contributed by atoms with van der Waals surface area (Å²) in [7, 11) is 0. The Kier molecular flexibility index (Phi) is 5.97. The molecule has 1 aliphatic heterocycles. The minimum atomic E-state index is -0.530. The van der Waals surface area contributed by atoms with Crippen LogP contribution in [0.2, 0.25) is 0 Å². The average molecular weight is 311 g/mol. The second-order valence-electron chi connectivity index (χ2n) is 4.94. The second-order valence-corrected chi connectivity index (χ2v) is 4.94. The third-order valence-electron chi connectivity index (χ3n) is 3.14. The Balaban J connectivity index is 0.000000172. The van der Waals surface area contributed by atoms with Crippen LogP contribution in [0, 0.1) is 18.6 Å². The fourth-order valence-corrected chi connectivity index (χ4v) is 1.92. The Labute approximate surface area is 127 Å². The summed E-state index contributed by atoms with van der Waals surface area (Å²) < 4.78 is 37.2. The van der Waals surface area contributed by atoms with Crippen LogP contribution in [0.15, 0.2) is 30.9 Å². The molecule has 0 N–H and O–H groups in total. The molecular weight excluding hydrogens is 292 g/mol. The number of halogens is 2. The van der Waals surface area contributed by atoms with Crippen LogP contribution in [0.5, 0.6) is 0 Å². The van der Waals surface area contributed by atoms with Gasteiger partial charge in [0.05, 0.1) is 13.2 Å². The molecule has 0 radical (unpaired) electrons. The van der Waals surface area contributed by atoms with Crippen molar-refractivity contribution in [1.29, 1.82) is 0 Å². The Hall–Kier alpha value is -1.86. The van der Waals surface area contributed by atoms with Gasteiger partial charge in [-0.15, -0.1) is 0 Å². The monoisotopic (exact) mass is 311 g/mol. The van der Waals surface area contributed by atoms with Crippen LogP contribution < -0.4 is 0 Å². The van der Waals surface area contributed by atoms with Crippen molar-refractivity contribution >= 4 is 0 Å². The zero-order valence-corrected chi connectivity index (χ0v) is 12.6. The SMILES string of the molecule is CCC1OCC(Cn2cncn2)O1.Cc1ccc(F)cc1F. The summed E-state index contributed by atoms with van der Waals surface area (Å²) in [5, 5.41) is 4.00. The van der Waals surface area contributed by atoms with E-state index in [1.54, 1.807) is 17.9 Å². The average Bonchev–Trinajstić information content (AvgIpc) is 3.16. The standard InChI is InChI=1S/C8H13N3O2.C7H6F2/c1-2-8-12-4-7(13-8)3-11-6-9-5-10-11;1-5-2-3-6(8)4-7(5)9/h5-8H,2-4H2,1H3;2-4H,1H3. The molecular formula is C15H19F2N3O2. The van der Waals surface area contributed by atoms with Crippen LogP contribution in [0.3, 0.4) is 0 Å². The second kappa shape index (κ2) is 7.95. The van der Waals surface area contributed by atoms with E-state index in [4.69, 9.17) is 9.47 Å². The first-order valence-electron chi connectivity index (χ1n) is 7.09. The van der Waals surface area contributed by atoms with Crippen molar-refractivity contribution in [3.8, 4) is 0 Å². The summed E-state index contributed by atoms with van der Waals surface area (Å²) in [5.74, 6) is -1.02. The van der Waals surface area contributed by atoms with E-state index in [0.717, 1.165) is 19.0 Å². The number of benzene rings is 1. The normalized spacial score (nSPS) is 20.5. The molecule has 1 aromatic carbocycles. The predicted octanol–water partition coefficient (Wildman–Crippen LogP) is 2.70. The van der Waals surface area contributed by atoms with E-state index in [1.807, 2.05) is 6.92 Å². The van der Waals surface area contributed by atoms with Crippen LogP contribution in [-0.4, -0.2) is 33.8 Å². The van der Waals surface area contributed by atoms with E-state index in [2.05, 4.69) is 10.1 Å². The molecule has 0 saturated carbocycles. The smallest absolute Gasteiger partial charge is 0.158 e. The quantitative estimate of drug-likeness (QED) is 0.874. The molecule has 0 aliphatic carbocycles. The van der Waals surface area contributed by atoms with Gasteiger partial charge in [0.15, 0.2) is 6.29 Å². The fraction of sp³-hybridized carbons (Fsp3) is 0.467. The highest BCUT2D eigenvalue weighted by molar-refractivity contribution is 5.16. The molecule has 7 heteroatoms. The number of hydrogen-bond acceptors (Lipinski definition) is 4. The van der Waals surface area contributed by atoms with Crippen molar-refractivity contribution in [2.45, 2.75) is 39.2 Å². The van der Waals surface area contributed by atoms with Crippen LogP contribution >= 0.6 is 0 Å². The molecule has 2 unspecified atom stereocenters. The van der Waals surface area contributed by atoms with E-state index in [1.165, 1.54) is 18.5 Å². The van der Waals surface area contributed by atoms with Crippen molar-refractivity contribution < 1.29 is 18.3 Å². The van der Waals surface area contributed by atoms with E-state index in [-0.39, 0.29) is 12.4 Å². The molecule has 2 aromatic rings. The molecule has 120 valence electrons. The van der Waals surface area contributed by atoms with Gasteiger partial charge in [-0.05, 0) is 25.0 Å². The minimum Gasteiger partial charge on any atom is -0.350 e. The zero-order chi connectivity index (χ0) is 15.9. The van der Waals surface area contributed by atoms with Crippen LogP contribution in [0.25, 0.3) is 0 Å². The molecule has 3 rings (SSSR count). The maximum absolute atomic E-state index is 12.3. The van der Waals surface area contributed by atoms with E-state index in [9.17, 15) is 8.78 Å². The topological polar surface area (TPSA) is 49.2 Å². The summed E-state index contributed by atoms with van der Waals surface area (Å²) in [6.07, 6.45) is 4.18. The Morgan fingerprint density at radius 1 is 1.36 bits per heavy atom. The summed E-state index contributed by atoms with van der Waals surface area (Å²) in [5.41, 5.74) is 0.469. The molecule has 1 aliphatic rings. The summed E-state index contributed by atoms with van der Waals surface area (Å²) >= 11 is 0. The highest BCUT2D eigenvalue weighted by Gasteiger charge is 2.24. The van der Waals surface area contributed by atoms with Gasteiger partial charge in [-0.3, -0.25) is 4.68 Å². The molecule has 0 bridgehead atoms. The van der Waals surface area contributed by atoms with Crippen molar-refractivity contribution in [2.24, 2.45) is 0 Å². The van der Waals surface area contributed by atoms with Crippen molar-refractivity contribution in [1.82, 2.24) is 14.8 Å². The van der Waals surface area contributed by atoms with E-state index < -0.39 is 11.6 Å². The number of nitrogens with zero attached hydrogens (tertiary/aromatic N) is 3. The molecule has 2 atom stereocenters. The lowest BCUT2D eigenvalue weighted by atomic mass is 10.2. The lowest BCUT2D eigenvalue weighted by Gasteiger charge is -2.08. The van der Waals surface area contributed by atoms with Crippen LogP contribution in [0.4, 0.5) is 8.78 Å². The molecule has 22 heavy (non-hydrogen) atoms. The lowest BCUT2D eigenvalue weighted by molar-refractivity contribution is -0.0611. The van der Waals surface area contributed by atoms with Gasteiger partial charge in [0.1, 0.15) is 30.4 Å². The van der Waals surface area contributed by atoms with Crippen molar-refractivity contribution in [3.05, 3.63) is 48.1 Å². The van der Waals surface area contributed by atoms with Crippen LogP contribution in [0.1, 0.15) is 18.9 Å². The first-order chi connectivity index (χ1) is 10.6. The van der Waals surface area contributed by atoms with Crippen molar-refractivity contribution in [2.75, 3.05) is 6.61 Å². The fourth-order valence-electron chi connectivity index (χ4n) is 1.92. The third-order valence-corrected chi connectivity index (χ3v) is 3.14. The molecule has 2 heterocycles. The first-order valence-corrected chi connectivity index (χ1v) is 7.09.